The van der Waals surface area contributed by atoms with Gasteiger partial charge in [0.1, 0.15) is 16.6 Å². The van der Waals surface area contributed by atoms with Gasteiger partial charge in [-0.05, 0) is 31.3 Å². The Hall–Kier alpha value is -1.76. The van der Waals surface area contributed by atoms with E-state index in [1.165, 1.54) is 6.07 Å². The molecule has 0 atom stereocenters. The fourth-order valence-electron chi connectivity index (χ4n) is 2.60. The van der Waals surface area contributed by atoms with Crippen LogP contribution in [0, 0.1) is 5.82 Å². The highest BCUT2D eigenvalue weighted by molar-refractivity contribution is 9.10. The molecule has 1 aromatic heterocycles. The first-order chi connectivity index (χ1) is 12.1. The van der Waals surface area contributed by atoms with E-state index in [1.807, 2.05) is 42.8 Å². The van der Waals surface area contributed by atoms with E-state index in [2.05, 4.69) is 20.8 Å². The second kappa shape index (κ2) is 8.08. The van der Waals surface area contributed by atoms with Gasteiger partial charge in [0.15, 0.2) is 0 Å². The summed E-state index contributed by atoms with van der Waals surface area (Å²) in [7, 11) is 3.62. The number of hydrogen-bond donors (Lipinski definition) is 0. The molecule has 130 valence electrons. The van der Waals surface area contributed by atoms with Crippen molar-refractivity contribution in [3.63, 3.8) is 0 Å². The molecule has 6 heteroatoms. The van der Waals surface area contributed by atoms with Gasteiger partial charge in [0.25, 0.3) is 0 Å². The van der Waals surface area contributed by atoms with E-state index in [9.17, 15) is 4.39 Å². The van der Waals surface area contributed by atoms with Crippen LogP contribution in [0.15, 0.2) is 52.3 Å². The molecule has 0 spiro atoms. The zero-order valence-electron chi connectivity index (χ0n) is 14.0. The summed E-state index contributed by atoms with van der Waals surface area (Å²) in [6.45, 7) is 1.20. The molecular formula is C19H18BrFN2OS. The van der Waals surface area contributed by atoms with Crippen LogP contribution in [-0.4, -0.2) is 24.0 Å². The van der Waals surface area contributed by atoms with Crippen molar-refractivity contribution in [3.05, 3.63) is 69.4 Å². The number of thiazole rings is 1. The lowest BCUT2D eigenvalue weighted by Crippen LogP contribution is -2.18. The molecule has 0 aliphatic carbocycles. The quantitative estimate of drug-likeness (QED) is 0.537. The number of halogens is 2. The Morgan fingerprint density at radius 2 is 2.00 bits per heavy atom. The van der Waals surface area contributed by atoms with Crippen LogP contribution in [0.4, 0.5) is 4.39 Å². The minimum absolute atomic E-state index is 0.174. The van der Waals surface area contributed by atoms with Crippen molar-refractivity contribution < 1.29 is 9.13 Å². The van der Waals surface area contributed by atoms with E-state index in [1.54, 1.807) is 24.5 Å². The third-order valence-electron chi connectivity index (χ3n) is 3.77. The second-order valence-electron chi connectivity index (χ2n) is 5.75. The molecule has 3 aromatic rings. The van der Waals surface area contributed by atoms with E-state index in [0.717, 1.165) is 26.5 Å². The number of aromatic nitrogens is 1. The van der Waals surface area contributed by atoms with Crippen LogP contribution < -0.4 is 4.74 Å². The summed E-state index contributed by atoms with van der Waals surface area (Å²) in [6.07, 6.45) is 0. The number of ether oxygens (including phenoxy) is 1. The summed E-state index contributed by atoms with van der Waals surface area (Å²) in [5.41, 5.74) is 2.61. The Bertz CT molecular complexity index is 868. The lowest BCUT2D eigenvalue weighted by Gasteiger charge is -2.15. The topological polar surface area (TPSA) is 25.4 Å². The molecule has 0 bridgehead atoms. The lowest BCUT2D eigenvalue weighted by molar-refractivity contribution is 0.310. The van der Waals surface area contributed by atoms with E-state index >= 15 is 0 Å². The van der Waals surface area contributed by atoms with Crippen LogP contribution in [0.3, 0.4) is 0 Å². The Balaban J connectivity index is 1.74. The Labute approximate surface area is 159 Å². The highest BCUT2D eigenvalue weighted by Crippen LogP contribution is 2.34. The minimum atomic E-state index is -0.174. The zero-order valence-corrected chi connectivity index (χ0v) is 16.4. The summed E-state index contributed by atoms with van der Waals surface area (Å²) in [6, 6.07) is 12.7. The van der Waals surface area contributed by atoms with Gasteiger partial charge in [-0.2, -0.15) is 0 Å². The van der Waals surface area contributed by atoms with Gasteiger partial charge in [0.2, 0.25) is 0 Å². The average Bonchev–Trinajstić information content (AvgIpc) is 3.05. The van der Waals surface area contributed by atoms with Crippen molar-refractivity contribution in [2.24, 2.45) is 0 Å². The summed E-state index contributed by atoms with van der Waals surface area (Å²) < 4.78 is 20.2. The van der Waals surface area contributed by atoms with Gasteiger partial charge in [-0.25, -0.2) is 9.37 Å². The first-order valence-electron chi connectivity index (χ1n) is 7.77. The van der Waals surface area contributed by atoms with Crippen LogP contribution in [0.1, 0.15) is 11.3 Å². The van der Waals surface area contributed by atoms with Gasteiger partial charge in [0.05, 0.1) is 18.4 Å². The predicted octanol–water partition coefficient (Wildman–Crippen LogP) is 5.35. The fourth-order valence-corrected chi connectivity index (χ4v) is 3.79. The predicted molar refractivity (Wildman–Crippen MR) is 103 cm³/mol. The molecule has 3 nitrogen and oxygen atoms in total. The molecule has 0 saturated carbocycles. The van der Waals surface area contributed by atoms with E-state index in [-0.39, 0.29) is 5.82 Å². The summed E-state index contributed by atoms with van der Waals surface area (Å²) in [4.78, 5) is 6.77. The van der Waals surface area contributed by atoms with E-state index in [0.29, 0.717) is 18.7 Å². The smallest absolute Gasteiger partial charge is 0.129 e. The Kier molecular flexibility index (Phi) is 5.83. The van der Waals surface area contributed by atoms with Crippen molar-refractivity contribution >= 4 is 27.3 Å². The van der Waals surface area contributed by atoms with Crippen LogP contribution >= 0.6 is 27.3 Å². The third-order valence-corrected chi connectivity index (χ3v) is 5.19. The highest BCUT2D eigenvalue weighted by Gasteiger charge is 2.13. The summed E-state index contributed by atoms with van der Waals surface area (Å²) in [5.74, 6) is 0.621. The first-order valence-corrected chi connectivity index (χ1v) is 9.44. The monoisotopic (exact) mass is 420 g/mol. The third kappa shape index (κ3) is 4.45. The van der Waals surface area contributed by atoms with Gasteiger partial charge in [-0.1, -0.05) is 34.1 Å². The number of hydrogen-bond acceptors (Lipinski definition) is 4. The molecule has 0 unspecified atom stereocenters. The maximum absolute atomic E-state index is 13.8. The number of rotatable bonds is 6. The van der Waals surface area contributed by atoms with Crippen LogP contribution in [0.2, 0.25) is 0 Å². The van der Waals surface area contributed by atoms with Gasteiger partial charge in [-0.15, -0.1) is 11.3 Å². The van der Waals surface area contributed by atoms with Crippen molar-refractivity contribution in [3.8, 4) is 16.3 Å². The molecular weight excluding hydrogens is 403 g/mol. The molecule has 0 fully saturated rings. The standard InChI is InChI=1S/C19H18BrFN2OS/c1-23(10-13-5-3-4-6-17(13)21)11-15-12-25-19(22-15)16-9-14(20)7-8-18(16)24-2/h3-9,12H,10-11H2,1-2H3. The normalized spacial score (nSPS) is 11.1. The molecule has 1 heterocycles. The van der Waals surface area contributed by atoms with E-state index < -0.39 is 0 Å². The van der Waals surface area contributed by atoms with Crippen LogP contribution in [-0.2, 0) is 13.1 Å². The number of benzene rings is 2. The fraction of sp³-hybridized carbons (Fsp3) is 0.211. The maximum Gasteiger partial charge on any atom is 0.129 e. The Morgan fingerprint density at radius 1 is 1.20 bits per heavy atom. The van der Waals surface area contributed by atoms with Gasteiger partial charge in [0, 0.05) is 28.5 Å². The second-order valence-corrected chi connectivity index (χ2v) is 7.53. The molecule has 0 radical (unpaired) electrons. The lowest BCUT2D eigenvalue weighted by atomic mass is 10.2. The Morgan fingerprint density at radius 3 is 2.76 bits per heavy atom. The zero-order chi connectivity index (χ0) is 17.8. The van der Waals surface area contributed by atoms with E-state index in [4.69, 9.17) is 9.72 Å². The van der Waals surface area contributed by atoms with Gasteiger partial charge < -0.3 is 4.74 Å². The molecule has 0 saturated heterocycles. The molecule has 25 heavy (non-hydrogen) atoms. The molecule has 0 N–H and O–H groups in total. The largest absolute Gasteiger partial charge is 0.496 e. The summed E-state index contributed by atoms with van der Waals surface area (Å²) in [5, 5.41) is 2.94. The average molecular weight is 421 g/mol. The van der Waals surface area contributed by atoms with Crippen molar-refractivity contribution in [1.29, 1.82) is 0 Å². The summed E-state index contributed by atoms with van der Waals surface area (Å²) >= 11 is 5.07. The van der Waals surface area contributed by atoms with Gasteiger partial charge in [-0.3, -0.25) is 4.90 Å². The van der Waals surface area contributed by atoms with Crippen molar-refractivity contribution in [2.75, 3.05) is 14.2 Å². The molecule has 3 rings (SSSR count). The molecule has 2 aromatic carbocycles. The van der Waals surface area contributed by atoms with Crippen molar-refractivity contribution in [2.45, 2.75) is 13.1 Å². The minimum Gasteiger partial charge on any atom is -0.496 e. The molecule has 0 aliphatic heterocycles. The van der Waals surface area contributed by atoms with Crippen LogP contribution in [0.25, 0.3) is 10.6 Å². The number of nitrogens with zero attached hydrogens (tertiary/aromatic N) is 2. The first kappa shape index (κ1) is 18.0. The molecule has 0 amide bonds. The molecule has 0 aliphatic rings. The van der Waals surface area contributed by atoms with Crippen LogP contribution in [0.5, 0.6) is 5.75 Å². The number of methoxy groups -OCH3 is 1. The van der Waals surface area contributed by atoms with Crippen molar-refractivity contribution in [1.82, 2.24) is 9.88 Å². The highest BCUT2D eigenvalue weighted by atomic mass is 79.9. The SMILES string of the molecule is COc1ccc(Br)cc1-c1nc(CN(C)Cc2ccccc2F)cs1. The van der Waals surface area contributed by atoms with Gasteiger partial charge >= 0.3 is 0 Å². The maximum atomic E-state index is 13.8.